The second-order valence-corrected chi connectivity index (χ2v) is 6.11. The van der Waals surface area contributed by atoms with E-state index in [9.17, 15) is 0 Å². The SMILES string of the molecule is CCC1CCC(N2CCCC3CNCC32)C1. The average Bonchev–Trinajstić information content (AvgIpc) is 2.97. The number of nitrogens with one attached hydrogen (secondary N) is 1. The van der Waals surface area contributed by atoms with E-state index in [-0.39, 0.29) is 0 Å². The second-order valence-electron chi connectivity index (χ2n) is 6.11. The van der Waals surface area contributed by atoms with Crippen molar-refractivity contribution in [1.82, 2.24) is 10.2 Å². The lowest BCUT2D eigenvalue weighted by molar-refractivity contribution is 0.0776. The molecule has 0 radical (unpaired) electrons. The second kappa shape index (κ2) is 4.66. The molecule has 0 aromatic rings. The summed E-state index contributed by atoms with van der Waals surface area (Å²) in [6, 6.07) is 1.81. The molecule has 2 aliphatic heterocycles. The van der Waals surface area contributed by atoms with E-state index in [1.54, 1.807) is 0 Å². The van der Waals surface area contributed by atoms with Gasteiger partial charge >= 0.3 is 0 Å². The first-order valence-electron chi connectivity index (χ1n) is 7.35. The van der Waals surface area contributed by atoms with Crippen LogP contribution in [0.15, 0.2) is 0 Å². The Balaban J connectivity index is 1.65. The molecular formula is C14H26N2. The molecule has 1 N–H and O–H groups in total. The van der Waals surface area contributed by atoms with Crippen LogP contribution in [0.1, 0.15) is 45.4 Å². The van der Waals surface area contributed by atoms with Crippen LogP contribution in [0.5, 0.6) is 0 Å². The lowest BCUT2D eigenvalue weighted by atomic mass is 9.90. The zero-order valence-electron chi connectivity index (χ0n) is 10.6. The monoisotopic (exact) mass is 222 g/mol. The van der Waals surface area contributed by atoms with Crippen molar-refractivity contribution in [3.63, 3.8) is 0 Å². The number of hydrogen-bond donors (Lipinski definition) is 1. The largest absolute Gasteiger partial charge is 0.315 e. The first-order chi connectivity index (χ1) is 7.88. The van der Waals surface area contributed by atoms with Gasteiger partial charge in [-0.15, -0.1) is 0 Å². The molecule has 92 valence electrons. The molecule has 2 heteroatoms. The molecule has 0 aromatic carbocycles. The van der Waals surface area contributed by atoms with Gasteiger partial charge < -0.3 is 5.32 Å². The van der Waals surface area contributed by atoms with Gasteiger partial charge in [-0.25, -0.2) is 0 Å². The van der Waals surface area contributed by atoms with Crippen LogP contribution in [0.3, 0.4) is 0 Å². The third-order valence-electron chi connectivity index (χ3n) is 5.28. The molecule has 3 rings (SSSR count). The Kier molecular flexibility index (Phi) is 3.21. The summed E-state index contributed by atoms with van der Waals surface area (Å²) in [6.45, 7) is 6.29. The van der Waals surface area contributed by atoms with Crippen LogP contribution in [-0.4, -0.2) is 36.6 Å². The fourth-order valence-electron chi connectivity index (χ4n) is 4.28. The summed E-state index contributed by atoms with van der Waals surface area (Å²) in [7, 11) is 0. The number of rotatable bonds is 2. The minimum atomic E-state index is 0.884. The van der Waals surface area contributed by atoms with E-state index in [4.69, 9.17) is 0 Å². The number of piperidine rings is 1. The summed E-state index contributed by atoms with van der Waals surface area (Å²) in [5.74, 6) is 1.99. The van der Waals surface area contributed by atoms with Crippen LogP contribution in [0, 0.1) is 11.8 Å². The Morgan fingerprint density at radius 2 is 2.12 bits per heavy atom. The quantitative estimate of drug-likeness (QED) is 0.771. The highest BCUT2D eigenvalue weighted by Crippen LogP contribution is 2.36. The van der Waals surface area contributed by atoms with E-state index in [1.165, 1.54) is 58.2 Å². The molecule has 0 aromatic heterocycles. The predicted octanol–water partition coefficient (Wildman–Crippen LogP) is 2.25. The van der Waals surface area contributed by atoms with Crippen LogP contribution in [-0.2, 0) is 0 Å². The third kappa shape index (κ3) is 1.91. The van der Waals surface area contributed by atoms with Gasteiger partial charge in [-0.1, -0.05) is 13.3 Å². The number of hydrogen-bond acceptors (Lipinski definition) is 2. The Labute approximate surface area is 99.8 Å². The Hall–Kier alpha value is -0.0800. The summed E-state index contributed by atoms with van der Waals surface area (Å²) in [5.41, 5.74) is 0. The fourth-order valence-corrected chi connectivity index (χ4v) is 4.28. The summed E-state index contributed by atoms with van der Waals surface area (Å²) in [4.78, 5) is 2.88. The van der Waals surface area contributed by atoms with E-state index < -0.39 is 0 Å². The molecule has 3 aliphatic rings. The molecule has 0 bridgehead atoms. The highest BCUT2D eigenvalue weighted by Gasteiger charge is 2.39. The van der Waals surface area contributed by atoms with Gasteiger partial charge in [-0.05, 0) is 57.0 Å². The number of nitrogens with zero attached hydrogens (tertiary/aromatic N) is 1. The van der Waals surface area contributed by atoms with E-state index in [0.29, 0.717) is 0 Å². The zero-order chi connectivity index (χ0) is 11.0. The average molecular weight is 222 g/mol. The molecule has 0 amide bonds. The van der Waals surface area contributed by atoms with E-state index >= 15 is 0 Å². The van der Waals surface area contributed by atoms with Crippen molar-refractivity contribution in [3.05, 3.63) is 0 Å². The maximum atomic E-state index is 3.60. The summed E-state index contributed by atoms with van der Waals surface area (Å²) >= 11 is 0. The maximum absolute atomic E-state index is 3.60. The van der Waals surface area contributed by atoms with Crippen molar-refractivity contribution in [1.29, 1.82) is 0 Å². The first kappa shape index (κ1) is 11.0. The summed E-state index contributed by atoms with van der Waals surface area (Å²) < 4.78 is 0. The third-order valence-corrected chi connectivity index (χ3v) is 5.28. The zero-order valence-corrected chi connectivity index (χ0v) is 10.6. The van der Waals surface area contributed by atoms with Gasteiger partial charge in [0.25, 0.3) is 0 Å². The Bertz CT molecular complexity index is 241. The van der Waals surface area contributed by atoms with Crippen molar-refractivity contribution in [3.8, 4) is 0 Å². The van der Waals surface area contributed by atoms with Gasteiger partial charge in [-0.2, -0.15) is 0 Å². The molecule has 2 nitrogen and oxygen atoms in total. The van der Waals surface area contributed by atoms with Gasteiger partial charge in [0.2, 0.25) is 0 Å². The first-order valence-corrected chi connectivity index (χ1v) is 7.35. The predicted molar refractivity (Wildman–Crippen MR) is 67.5 cm³/mol. The minimum Gasteiger partial charge on any atom is -0.315 e. The lowest BCUT2D eigenvalue weighted by Crippen LogP contribution is -2.49. The molecule has 0 spiro atoms. The van der Waals surface area contributed by atoms with Gasteiger partial charge in [0.05, 0.1) is 0 Å². The Morgan fingerprint density at radius 1 is 1.19 bits per heavy atom. The topological polar surface area (TPSA) is 15.3 Å². The van der Waals surface area contributed by atoms with E-state index in [2.05, 4.69) is 17.1 Å². The standard InChI is InChI=1S/C14H26N2/c1-2-11-5-6-13(8-11)16-7-3-4-12-9-15-10-14(12)16/h11-15H,2-10H2,1H3. The highest BCUT2D eigenvalue weighted by atomic mass is 15.2. The molecule has 3 fully saturated rings. The van der Waals surface area contributed by atoms with Gasteiger partial charge in [0.15, 0.2) is 0 Å². The maximum Gasteiger partial charge on any atom is 0.0263 e. The van der Waals surface area contributed by atoms with Crippen LogP contribution in [0.2, 0.25) is 0 Å². The van der Waals surface area contributed by atoms with Crippen molar-refractivity contribution < 1.29 is 0 Å². The minimum absolute atomic E-state index is 0.884. The summed E-state index contributed by atoms with van der Waals surface area (Å²) in [6.07, 6.45) is 8.76. The molecule has 4 unspecified atom stereocenters. The number of fused-ring (bicyclic) bond motifs is 1. The smallest absolute Gasteiger partial charge is 0.0263 e. The van der Waals surface area contributed by atoms with Crippen LogP contribution >= 0.6 is 0 Å². The van der Waals surface area contributed by atoms with Crippen LogP contribution < -0.4 is 5.32 Å². The summed E-state index contributed by atoms with van der Waals surface area (Å²) in [5, 5.41) is 3.60. The molecule has 16 heavy (non-hydrogen) atoms. The normalized spacial score (nSPS) is 44.8. The highest BCUT2D eigenvalue weighted by molar-refractivity contribution is 4.96. The Morgan fingerprint density at radius 3 is 2.94 bits per heavy atom. The van der Waals surface area contributed by atoms with Crippen LogP contribution in [0.25, 0.3) is 0 Å². The van der Waals surface area contributed by atoms with Gasteiger partial charge in [0.1, 0.15) is 0 Å². The van der Waals surface area contributed by atoms with Crippen molar-refractivity contribution in [2.24, 2.45) is 11.8 Å². The van der Waals surface area contributed by atoms with Crippen molar-refractivity contribution in [2.45, 2.75) is 57.5 Å². The van der Waals surface area contributed by atoms with Gasteiger partial charge in [0, 0.05) is 18.6 Å². The van der Waals surface area contributed by atoms with E-state index in [1.807, 2.05) is 0 Å². The molecule has 1 aliphatic carbocycles. The molecule has 2 heterocycles. The molecule has 1 saturated carbocycles. The van der Waals surface area contributed by atoms with Crippen molar-refractivity contribution in [2.75, 3.05) is 19.6 Å². The van der Waals surface area contributed by atoms with Crippen molar-refractivity contribution >= 4 is 0 Å². The lowest BCUT2D eigenvalue weighted by Gasteiger charge is -2.41. The van der Waals surface area contributed by atoms with Crippen LogP contribution in [0.4, 0.5) is 0 Å². The molecule has 2 saturated heterocycles. The van der Waals surface area contributed by atoms with Gasteiger partial charge in [-0.3, -0.25) is 4.90 Å². The molecular weight excluding hydrogens is 196 g/mol. The van der Waals surface area contributed by atoms with E-state index in [0.717, 1.165) is 23.9 Å². The fraction of sp³-hybridized carbons (Fsp3) is 1.00. The molecule has 4 atom stereocenters. The number of likely N-dealkylation sites (tertiary alicyclic amines) is 1.